The standard InChI is InChI=1S/C17H12N2O5/c18-12-8-10(16(21)22)5-6-13(12)19-15(20)11-7-9-3-1-2-4-14(9)24-17(11)23/h1-8H,18H2,(H,19,20)(H,21,22). The lowest BCUT2D eigenvalue weighted by molar-refractivity contribution is 0.0696. The summed E-state index contributed by atoms with van der Waals surface area (Å²) in [7, 11) is 0. The molecule has 0 unspecified atom stereocenters. The first kappa shape index (κ1) is 15.3. The molecule has 0 aliphatic heterocycles. The smallest absolute Gasteiger partial charge is 0.349 e. The number of fused-ring (bicyclic) bond motifs is 1. The minimum Gasteiger partial charge on any atom is -0.478 e. The molecule has 0 spiro atoms. The van der Waals surface area contributed by atoms with Crippen molar-refractivity contribution in [2.45, 2.75) is 0 Å². The second kappa shape index (κ2) is 5.88. The number of aromatic carboxylic acids is 1. The average molecular weight is 324 g/mol. The number of anilines is 2. The molecule has 0 radical (unpaired) electrons. The zero-order valence-electron chi connectivity index (χ0n) is 12.3. The number of nitrogens with two attached hydrogens (primary N) is 1. The molecule has 1 aromatic heterocycles. The summed E-state index contributed by atoms with van der Waals surface area (Å²) in [5.74, 6) is -1.82. The molecule has 7 heteroatoms. The Morgan fingerprint density at radius 1 is 1.08 bits per heavy atom. The lowest BCUT2D eigenvalue weighted by atomic mass is 10.1. The summed E-state index contributed by atoms with van der Waals surface area (Å²) in [6, 6.07) is 12.1. The van der Waals surface area contributed by atoms with Crippen molar-refractivity contribution in [2.75, 3.05) is 11.1 Å². The summed E-state index contributed by atoms with van der Waals surface area (Å²) in [6.45, 7) is 0. The van der Waals surface area contributed by atoms with Gasteiger partial charge in [-0.05, 0) is 30.3 Å². The van der Waals surface area contributed by atoms with Gasteiger partial charge in [0.1, 0.15) is 11.1 Å². The molecule has 1 heterocycles. The number of amides is 1. The third kappa shape index (κ3) is 2.82. The van der Waals surface area contributed by atoms with E-state index >= 15 is 0 Å². The Labute approximate surface area is 135 Å². The van der Waals surface area contributed by atoms with E-state index in [0.717, 1.165) is 0 Å². The first-order valence-electron chi connectivity index (χ1n) is 6.93. The quantitative estimate of drug-likeness (QED) is 0.502. The highest BCUT2D eigenvalue weighted by Gasteiger charge is 2.15. The maximum Gasteiger partial charge on any atom is 0.349 e. The van der Waals surface area contributed by atoms with Gasteiger partial charge in [0.25, 0.3) is 5.91 Å². The predicted octanol–water partition coefficient (Wildman–Crippen LogP) is 2.33. The van der Waals surface area contributed by atoms with E-state index < -0.39 is 17.5 Å². The minimum atomic E-state index is -1.13. The fraction of sp³-hybridized carbons (Fsp3) is 0. The van der Waals surface area contributed by atoms with E-state index in [-0.39, 0.29) is 22.5 Å². The maximum atomic E-state index is 12.3. The summed E-state index contributed by atoms with van der Waals surface area (Å²) >= 11 is 0. The number of benzene rings is 2. The van der Waals surface area contributed by atoms with Gasteiger partial charge in [-0.15, -0.1) is 0 Å². The molecule has 24 heavy (non-hydrogen) atoms. The number of hydrogen-bond donors (Lipinski definition) is 3. The summed E-state index contributed by atoms with van der Waals surface area (Å²) in [5, 5.41) is 12.0. The summed E-state index contributed by atoms with van der Waals surface area (Å²) < 4.78 is 5.11. The molecule has 7 nitrogen and oxygen atoms in total. The Hall–Kier alpha value is -3.61. The van der Waals surface area contributed by atoms with Crippen LogP contribution >= 0.6 is 0 Å². The molecule has 0 saturated heterocycles. The van der Waals surface area contributed by atoms with Crippen LogP contribution in [0.15, 0.2) is 57.7 Å². The van der Waals surface area contributed by atoms with E-state index in [4.69, 9.17) is 15.3 Å². The van der Waals surface area contributed by atoms with E-state index in [1.54, 1.807) is 24.3 Å². The van der Waals surface area contributed by atoms with E-state index in [2.05, 4.69) is 5.32 Å². The number of hydrogen-bond acceptors (Lipinski definition) is 5. The van der Waals surface area contributed by atoms with Crippen molar-refractivity contribution in [1.29, 1.82) is 0 Å². The molecular weight excluding hydrogens is 312 g/mol. The summed E-state index contributed by atoms with van der Waals surface area (Å²) in [4.78, 5) is 35.1. The molecule has 3 rings (SSSR count). The van der Waals surface area contributed by atoms with Gasteiger partial charge in [-0.1, -0.05) is 18.2 Å². The number of carbonyl (C=O) groups excluding carboxylic acids is 1. The lowest BCUT2D eigenvalue weighted by Gasteiger charge is -2.08. The van der Waals surface area contributed by atoms with Crippen LogP contribution in [-0.2, 0) is 0 Å². The van der Waals surface area contributed by atoms with Gasteiger partial charge >= 0.3 is 11.6 Å². The van der Waals surface area contributed by atoms with Crippen LogP contribution in [0.5, 0.6) is 0 Å². The van der Waals surface area contributed by atoms with Crippen molar-refractivity contribution in [2.24, 2.45) is 0 Å². The van der Waals surface area contributed by atoms with Crippen LogP contribution in [0.4, 0.5) is 11.4 Å². The first-order valence-corrected chi connectivity index (χ1v) is 6.93. The third-order valence-corrected chi connectivity index (χ3v) is 3.43. The number of carboxylic acid groups (broad SMARTS) is 1. The number of carboxylic acids is 1. The summed E-state index contributed by atoms with van der Waals surface area (Å²) in [6.07, 6.45) is 0. The number of para-hydroxylation sites is 1. The van der Waals surface area contributed by atoms with Crippen molar-refractivity contribution in [3.05, 3.63) is 70.1 Å². The van der Waals surface area contributed by atoms with Gasteiger partial charge in [-0.25, -0.2) is 9.59 Å². The largest absolute Gasteiger partial charge is 0.478 e. The topological polar surface area (TPSA) is 123 Å². The van der Waals surface area contributed by atoms with Crippen molar-refractivity contribution in [3.8, 4) is 0 Å². The molecule has 0 atom stereocenters. The van der Waals surface area contributed by atoms with Gasteiger partial charge < -0.3 is 20.6 Å². The van der Waals surface area contributed by atoms with Crippen LogP contribution < -0.4 is 16.7 Å². The SMILES string of the molecule is Nc1cc(C(=O)O)ccc1NC(=O)c1cc2ccccc2oc1=O. The number of rotatable bonds is 3. The molecule has 0 saturated carbocycles. The fourth-order valence-electron chi connectivity index (χ4n) is 2.22. The van der Waals surface area contributed by atoms with Gasteiger partial charge in [0.05, 0.1) is 16.9 Å². The summed E-state index contributed by atoms with van der Waals surface area (Å²) in [5.41, 5.74) is 5.45. The maximum absolute atomic E-state index is 12.3. The molecule has 0 fully saturated rings. The van der Waals surface area contributed by atoms with Gasteiger partial charge in [-0.3, -0.25) is 4.79 Å². The normalized spacial score (nSPS) is 10.5. The number of nitrogen functional groups attached to an aromatic ring is 1. The minimum absolute atomic E-state index is 0.00396. The lowest BCUT2D eigenvalue weighted by Crippen LogP contribution is -2.21. The Morgan fingerprint density at radius 2 is 1.83 bits per heavy atom. The van der Waals surface area contributed by atoms with Crippen LogP contribution in [0.3, 0.4) is 0 Å². The van der Waals surface area contributed by atoms with Crippen LogP contribution in [0.1, 0.15) is 20.7 Å². The van der Waals surface area contributed by atoms with Crippen LogP contribution in [0.25, 0.3) is 11.0 Å². The zero-order chi connectivity index (χ0) is 17.3. The molecule has 2 aromatic carbocycles. The Balaban J connectivity index is 1.94. The van der Waals surface area contributed by atoms with Crippen molar-refractivity contribution >= 4 is 34.2 Å². The molecule has 0 aliphatic rings. The first-order chi connectivity index (χ1) is 11.5. The molecular formula is C17H12N2O5. The van der Waals surface area contributed by atoms with Gasteiger partial charge in [0.2, 0.25) is 0 Å². The number of nitrogens with one attached hydrogen (secondary N) is 1. The monoisotopic (exact) mass is 324 g/mol. The molecule has 3 aromatic rings. The molecule has 4 N–H and O–H groups in total. The highest BCUT2D eigenvalue weighted by molar-refractivity contribution is 6.07. The Kier molecular flexibility index (Phi) is 3.75. The average Bonchev–Trinajstić information content (AvgIpc) is 2.55. The number of carbonyl (C=O) groups is 2. The van der Waals surface area contributed by atoms with E-state index in [1.165, 1.54) is 24.3 Å². The van der Waals surface area contributed by atoms with Crippen LogP contribution in [0.2, 0.25) is 0 Å². The molecule has 1 amide bonds. The van der Waals surface area contributed by atoms with Crippen LogP contribution in [0, 0.1) is 0 Å². The predicted molar refractivity (Wildman–Crippen MR) is 88.3 cm³/mol. The Morgan fingerprint density at radius 3 is 2.54 bits per heavy atom. The fourth-order valence-corrected chi connectivity index (χ4v) is 2.22. The molecule has 0 bridgehead atoms. The van der Waals surface area contributed by atoms with Crippen molar-refractivity contribution in [1.82, 2.24) is 0 Å². The third-order valence-electron chi connectivity index (χ3n) is 3.43. The molecule has 120 valence electrons. The second-order valence-corrected chi connectivity index (χ2v) is 5.05. The van der Waals surface area contributed by atoms with E-state index in [1.807, 2.05) is 0 Å². The van der Waals surface area contributed by atoms with Crippen molar-refractivity contribution in [3.63, 3.8) is 0 Å². The van der Waals surface area contributed by atoms with Gasteiger partial charge in [0, 0.05) is 5.39 Å². The second-order valence-electron chi connectivity index (χ2n) is 5.05. The van der Waals surface area contributed by atoms with Gasteiger partial charge in [-0.2, -0.15) is 0 Å². The highest BCUT2D eigenvalue weighted by atomic mass is 16.4. The Bertz CT molecular complexity index is 1020. The van der Waals surface area contributed by atoms with E-state index in [9.17, 15) is 14.4 Å². The van der Waals surface area contributed by atoms with E-state index in [0.29, 0.717) is 11.0 Å². The highest BCUT2D eigenvalue weighted by Crippen LogP contribution is 2.21. The van der Waals surface area contributed by atoms with Gasteiger partial charge in [0.15, 0.2) is 0 Å². The molecule has 0 aliphatic carbocycles. The van der Waals surface area contributed by atoms with Crippen molar-refractivity contribution < 1.29 is 19.1 Å². The van der Waals surface area contributed by atoms with Crippen LogP contribution in [-0.4, -0.2) is 17.0 Å². The zero-order valence-corrected chi connectivity index (χ0v) is 12.3.